The number of carbonyl (C=O) groups is 1. The molecule has 2 heterocycles. The fourth-order valence-electron chi connectivity index (χ4n) is 2.20. The number of pyridine rings is 1. The van der Waals surface area contributed by atoms with Crippen LogP contribution in [-0.4, -0.2) is 17.5 Å². The largest absolute Gasteiger partial charge is 0.482 e. The van der Waals surface area contributed by atoms with Gasteiger partial charge in [-0.25, -0.2) is 0 Å². The first-order valence-electron chi connectivity index (χ1n) is 7.46. The van der Waals surface area contributed by atoms with E-state index in [0.717, 1.165) is 16.1 Å². The summed E-state index contributed by atoms with van der Waals surface area (Å²) in [4.78, 5) is 17.5. The topological polar surface area (TPSA) is 51.2 Å². The molecule has 2 aromatic heterocycles. The number of amides is 1. The van der Waals surface area contributed by atoms with E-state index in [-0.39, 0.29) is 12.5 Å². The van der Waals surface area contributed by atoms with Gasteiger partial charge in [-0.1, -0.05) is 35.3 Å². The van der Waals surface area contributed by atoms with Crippen molar-refractivity contribution in [2.45, 2.75) is 6.54 Å². The minimum atomic E-state index is -0.244. The van der Waals surface area contributed by atoms with Crippen LogP contribution in [0.25, 0.3) is 10.6 Å². The molecule has 25 heavy (non-hydrogen) atoms. The van der Waals surface area contributed by atoms with E-state index in [1.54, 1.807) is 35.7 Å². The van der Waals surface area contributed by atoms with E-state index in [4.69, 9.17) is 27.9 Å². The Hall–Kier alpha value is -2.08. The second kappa shape index (κ2) is 8.34. The van der Waals surface area contributed by atoms with Crippen LogP contribution >= 0.6 is 34.5 Å². The summed E-state index contributed by atoms with van der Waals surface area (Å²) < 4.78 is 5.43. The third-order valence-corrected chi connectivity index (χ3v) is 4.78. The lowest BCUT2D eigenvalue weighted by atomic mass is 10.1. The van der Waals surface area contributed by atoms with Crippen LogP contribution in [0, 0.1) is 0 Å². The van der Waals surface area contributed by atoms with Gasteiger partial charge in [0.05, 0.1) is 15.6 Å². The van der Waals surface area contributed by atoms with E-state index < -0.39 is 0 Å². The molecular weight excluding hydrogens is 379 g/mol. The molecule has 0 unspecified atom stereocenters. The summed E-state index contributed by atoms with van der Waals surface area (Å²) in [6.07, 6.45) is 1.74. The fourth-order valence-corrected chi connectivity index (χ4v) is 3.42. The van der Waals surface area contributed by atoms with Gasteiger partial charge in [-0.05, 0) is 41.3 Å². The number of hydrogen-bond donors (Lipinski definition) is 1. The minimum Gasteiger partial charge on any atom is -0.482 e. The summed E-state index contributed by atoms with van der Waals surface area (Å²) in [5.74, 6) is 0.175. The summed E-state index contributed by atoms with van der Waals surface area (Å²) >= 11 is 13.5. The smallest absolute Gasteiger partial charge is 0.258 e. The van der Waals surface area contributed by atoms with Crippen molar-refractivity contribution in [1.82, 2.24) is 10.3 Å². The Morgan fingerprint density at radius 2 is 2.08 bits per heavy atom. The summed E-state index contributed by atoms with van der Waals surface area (Å²) in [6.45, 7) is 0.244. The summed E-state index contributed by atoms with van der Waals surface area (Å²) in [7, 11) is 0. The van der Waals surface area contributed by atoms with Gasteiger partial charge in [0.15, 0.2) is 6.61 Å². The number of benzene rings is 1. The van der Waals surface area contributed by atoms with Crippen molar-refractivity contribution in [2.24, 2.45) is 0 Å². The molecule has 0 radical (unpaired) electrons. The molecule has 3 rings (SSSR count). The van der Waals surface area contributed by atoms with Crippen LogP contribution in [0.4, 0.5) is 0 Å². The lowest BCUT2D eigenvalue weighted by molar-refractivity contribution is -0.123. The zero-order valence-corrected chi connectivity index (χ0v) is 15.4. The van der Waals surface area contributed by atoms with E-state index in [2.05, 4.69) is 10.3 Å². The van der Waals surface area contributed by atoms with E-state index in [9.17, 15) is 4.79 Å². The van der Waals surface area contributed by atoms with E-state index in [0.29, 0.717) is 22.3 Å². The average Bonchev–Trinajstić information content (AvgIpc) is 3.14. The van der Waals surface area contributed by atoms with Crippen LogP contribution in [-0.2, 0) is 11.3 Å². The van der Waals surface area contributed by atoms with Crippen molar-refractivity contribution in [3.8, 4) is 16.3 Å². The van der Waals surface area contributed by atoms with Crippen LogP contribution in [0.15, 0.2) is 54.0 Å². The van der Waals surface area contributed by atoms with Gasteiger partial charge >= 0.3 is 0 Å². The maximum atomic E-state index is 12.0. The molecule has 0 spiro atoms. The maximum Gasteiger partial charge on any atom is 0.258 e. The minimum absolute atomic E-state index is 0.129. The lowest BCUT2D eigenvalue weighted by Gasteiger charge is -2.10. The number of halogens is 2. The molecule has 0 aliphatic heterocycles. The average molecular weight is 393 g/mol. The molecule has 0 aliphatic rings. The van der Waals surface area contributed by atoms with Crippen LogP contribution in [0.3, 0.4) is 0 Å². The molecule has 1 aromatic carbocycles. The molecule has 1 amide bonds. The van der Waals surface area contributed by atoms with Crippen LogP contribution in [0.5, 0.6) is 5.75 Å². The van der Waals surface area contributed by atoms with Crippen molar-refractivity contribution in [3.05, 3.63) is 69.7 Å². The van der Waals surface area contributed by atoms with Crippen molar-refractivity contribution in [2.75, 3.05) is 6.61 Å². The Morgan fingerprint density at radius 3 is 2.84 bits per heavy atom. The van der Waals surface area contributed by atoms with Gasteiger partial charge in [0.1, 0.15) is 5.75 Å². The first-order chi connectivity index (χ1) is 12.1. The molecule has 3 aromatic rings. The second-order valence-corrected chi connectivity index (χ2v) is 6.92. The number of thiophene rings is 1. The number of ether oxygens (including phenoxy) is 1. The number of nitrogens with zero attached hydrogens (tertiary/aromatic N) is 1. The number of nitrogens with one attached hydrogen (secondary N) is 1. The highest BCUT2D eigenvalue weighted by Crippen LogP contribution is 2.27. The Morgan fingerprint density at radius 1 is 1.20 bits per heavy atom. The summed E-state index contributed by atoms with van der Waals surface area (Å²) in [5.41, 5.74) is 1.82. The van der Waals surface area contributed by atoms with Gasteiger partial charge in [0.25, 0.3) is 5.91 Å². The van der Waals surface area contributed by atoms with E-state index in [1.807, 2.05) is 29.6 Å². The predicted octanol–water partition coefficient (Wildman–Crippen LogP) is 4.81. The quantitative estimate of drug-likeness (QED) is 0.654. The highest BCUT2D eigenvalue weighted by molar-refractivity contribution is 7.13. The van der Waals surface area contributed by atoms with Crippen molar-refractivity contribution < 1.29 is 9.53 Å². The molecule has 0 saturated carbocycles. The monoisotopic (exact) mass is 392 g/mol. The molecule has 0 aliphatic carbocycles. The lowest BCUT2D eigenvalue weighted by Crippen LogP contribution is -2.28. The number of carbonyl (C=O) groups excluding carboxylic acids is 1. The number of hydrogen-bond acceptors (Lipinski definition) is 4. The molecule has 0 saturated heterocycles. The highest BCUT2D eigenvalue weighted by atomic mass is 35.5. The second-order valence-electron chi connectivity index (χ2n) is 5.13. The zero-order chi connectivity index (χ0) is 17.6. The van der Waals surface area contributed by atoms with Crippen molar-refractivity contribution >= 4 is 40.4 Å². The van der Waals surface area contributed by atoms with Crippen molar-refractivity contribution in [3.63, 3.8) is 0 Å². The Balaban J connectivity index is 1.58. The molecule has 128 valence electrons. The Bertz CT molecular complexity index is 869. The number of aromatic nitrogens is 1. The summed E-state index contributed by atoms with van der Waals surface area (Å²) in [6, 6.07) is 12.6. The molecule has 0 fully saturated rings. The molecule has 0 bridgehead atoms. The molecule has 0 atom stereocenters. The van der Waals surface area contributed by atoms with Gasteiger partial charge < -0.3 is 10.1 Å². The van der Waals surface area contributed by atoms with E-state index in [1.165, 1.54) is 0 Å². The SMILES string of the molecule is O=C(COc1ccc(Cl)cc1Cl)NCc1cccnc1-c1cccs1. The van der Waals surface area contributed by atoms with Crippen LogP contribution in [0.1, 0.15) is 5.56 Å². The first kappa shape index (κ1) is 17.7. The summed E-state index contributed by atoms with van der Waals surface area (Å²) in [5, 5.41) is 5.71. The Kier molecular flexibility index (Phi) is 5.91. The third kappa shape index (κ3) is 4.72. The van der Waals surface area contributed by atoms with Crippen molar-refractivity contribution in [1.29, 1.82) is 0 Å². The molecule has 4 nitrogen and oxygen atoms in total. The zero-order valence-electron chi connectivity index (χ0n) is 13.0. The van der Waals surface area contributed by atoms with E-state index >= 15 is 0 Å². The number of rotatable bonds is 6. The van der Waals surface area contributed by atoms with Crippen LogP contribution < -0.4 is 10.1 Å². The van der Waals surface area contributed by atoms with Gasteiger partial charge in [-0.2, -0.15) is 0 Å². The molecular formula is C18H14Cl2N2O2S. The Labute approximate surface area is 159 Å². The van der Waals surface area contributed by atoms with Gasteiger partial charge in [0.2, 0.25) is 0 Å². The first-order valence-corrected chi connectivity index (χ1v) is 9.09. The maximum absolute atomic E-state index is 12.0. The standard InChI is InChI=1S/C18H14Cl2N2O2S/c19-13-5-6-15(14(20)9-13)24-11-17(23)22-10-12-3-1-7-21-18(12)16-4-2-8-25-16/h1-9H,10-11H2,(H,22,23). The fraction of sp³-hybridized carbons (Fsp3) is 0.111. The normalized spacial score (nSPS) is 10.5. The van der Waals surface area contributed by atoms with Gasteiger partial charge in [-0.3, -0.25) is 9.78 Å². The molecule has 1 N–H and O–H groups in total. The van der Waals surface area contributed by atoms with Gasteiger partial charge in [-0.15, -0.1) is 11.3 Å². The highest BCUT2D eigenvalue weighted by Gasteiger charge is 2.10. The predicted molar refractivity (Wildman–Crippen MR) is 101 cm³/mol. The molecule has 7 heteroatoms. The van der Waals surface area contributed by atoms with Crippen LogP contribution in [0.2, 0.25) is 10.0 Å². The third-order valence-electron chi connectivity index (χ3n) is 3.37. The van der Waals surface area contributed by atoms with Gasteiger partial charge in [0, 0.05) is 17.8 Å².